The van der Waals surface area contributed by atoms with Crippen molar-refractivity contribution in [2.75, 3.05) is 5.32 Å². The van der Waals surface area contributed by atoms with Gasteiger partial charge in [-0.2, -0.15) is 5.10 Å². The van der Waals surface area contributed by atoms with E-state index in [1.165, 1.54) is 16.0 Å². The Bertz CT molecular complexity index is 1510. The fourth-order valence-electron chi connectivity index (χ4n) is 3.96. The maximum absolute atomic E-state index is 13.5. The fourth-order valence-corrected chi connectivity index (χ4v) is 4.50. The molecule has 0 spiro atoms. The molecule has 38 heavy (non-hydrogen) atoms. The Morgan fingerprint density at radius 1 is 0.921 bits per heavy atom. The van der Waals surface area contributed by atoms with Crippen LogP contribution < -0.4 is 10.6 Å². The average molecular weight is 525 g/mol. The number of hydrogen-bond donors (Lipinski definition) is 3. The van der Waals surface area contributed by atoms with Gasteiger partial charge in [0.2, 0.25) is 0 Å². The van der Waals surface area contributed by atoms with Gasteiger partial charge in [0.1, 0.15) is 0 Å². The first kappa shape index (κ1) is 25.0. The van der Waals surface area contributed by atoms with Crippen molar-refractivity contribution in [3.8, 4) is 17.1 Å². The largest absolute Gasteiger partial charge is 0.381 e. The molecule has 2 atom stereocenters. The molecule has 9 nitrogen and oxygen atoms in total. The standard InChI is InChI=1S/C28H24N6O3S/c35-24(27(37)32-28-30-15-17-38-28)23(18-19-8-3-1-4-9-19)31-26(36)21-12-7-14-29-25(21)34-16-13-22(33-34)20-10-5-2-6-11-20/h1-17,23-24,35H,18H2,(H,31,36)(H,30,32,37). The molecule has 0 bridgehead atoms. The molecule has 2 amide bonds. The van der Waals surface area contributed by atoms with Crippen molar-refractivity contribution in [3.63, 3.8) is 0 Å². The van der Waals surface area contributed by atoms with E-state index in [1.54, 1.807) is 36.1 Å². The van der Waals surface area contributed by atoms with Gasteiger partial charge in [-0.3, -0.25) is 14.9 Å². The number of nitrogens with one attached hydrogen (secondary N) is 2. The van der Waals surface area contributed by atoms with E-state index in [2.05, 4.69) is 25.7 Å². The van der Waals surface area contributed by atoms with Gasteiger partial charge in [0, 0.05) is 29.5 Å². The van der Waals surface area contributed by atoms with Crippen LogP contribution in [0.3, 0.4) is 0 Å². The van der Waals surface area contributed by atoms with Crippen molar-refractivity contribution in [1.29, 1.82) is 0 Å². The molecule has 0 aliphatic rings. The van der Waals surface area contributed by atoms with E-state index in [4.69, 9.17) is 0 Å². The molecule has 2 aromatic carbocycles. The summed E-state index contributed by atoms with van der Waals surface area (Å²) in [5.74, 6) is -0.827. The molecular weight excluding hydrogens is 500 g/mol. The van der Waals surface area contributed by atoms with Gasteiger partial charge in [-0.15, -0.1) is 11.3 Å². The van der Waals surface area contributed by atoms with Gasteiger partial charge in [0.25, 0.3) is 11.8 Å². The molecule has 0 saturated heterocycles. The SMILES string of the molecule is O=C(NC(Cc1ccccc1)C(O)C(=O)Nc1nccs1)c1cccnc1-n1ccc(-c2ccccc2)n1. The number of pyridine rings is 1. The second-order valence-electron chi connectivity index (χ2n) is 8.43. The minimum Gasteiger partial charge on any atom is -0.381 e. The summed E-state index contributed by atoms with van der Waals surface area (Å²) in [5.41, 5.74) is 2.77. The number of hydrogen-bond acceptors (Lipinski definition) is 7. The summed E-state index contributed by atoms with van der Waals surface area (Å²) in [6, 6.07) is 23.2. The minimum atomic E-state index is -1.53. The summed E-state index contributed by atoms with van der Waals surface area (Å²) in [6.07, 6.45) is 3.57. The van der Waals surface area contributed by atoms with Gasteiger partial charge in [-0.05, 0) is 30.2 Å². The number of thiazole rings is 1. The molecule has 190 valence electrons. The highest BCUT2D eigenvalue weighted by Gasteiger charge is 2.30. The van der Waals surface area contributed by atoms with Gasteiger partial charge in [0.05, 0.1) is 17.3 Å². The Morgan fingerprint density at radius 3 is 2.42 bits per heavy atom. The van der Waals surface area contributed by atoms with Gasteiger partial charge in [-0.1, -0.05) is 60.7 Å². The Balaban J connectivity index is 1.40. The van der Waals surface area contributed by atoms with Crippen LogP contribution in [-0.4, -0.2) is 48.8 Å². The molecule has 0 aliphatic heterocycles. The second-order valence-corrected chi connectivity index (χ2v) is 9.32. The Labute approximate surface area is 222 Å². The number of aliphatic hydroxyl groups is 1. The number of anilines is 1. The van der Waals surface area contributed by atoms with E-state index in [1.807, 2.05) is 66.7 Å². The molecule has 5 rings (SSSR count). The van der Waals surface area contributed by atoms with E-state index in [0.29, 0.717) is 10.9 Å². The lowest BCUT2D eigenvalue weighted by Gasteiger charge is -2.24. The van der Waals surface area contributed by atoms with E-state index < -0.39 is 24.0 Å². The van der Waals surface area contributed by atoms with Crippen LogP contribution in [0.4, 0.5) is 5.13 Å². The van der Waals surface area contributed by atoms with Gasteiger partial charge in [0.15, 0.2) is 17.1 Å². The Hall–Kier alpha value is -4.67. The van der Waals surface area contributed by atoms with Crippen LogP contribution >= 0.6 is 11.3 Å². The van der Waals surface area contributed by atoms with Crippen molar-refractivity contribution < 1.29 is 14.7 Å². The van der Waals surface area contributed by atoms with Crippen LogP contribution in [0.15, 0.2) is 103 Å². The summed E-state index contributed by atoms with van der Waals surface area (Å²) < 4.78 is 1.54. The number of benzene rings is 2. The first-order valence-electron chi connectivity index (χ1n) is 11.9. The van der Waals surface area contributed by atoms with E-state index >= 15 is 0 Å². The normalized spacial score (nSPS) is 12.4. The topological polar surface area (TPSA) is 122 Å². The highest BCUT2D eigenvalue weighted by atomic mass is 32.1. The zero-order valence-electron chi connectivity index (χ0n) is 20.1. The maximum Gasteiger partial charge on any atom is 0.257 e. The highest BCUT2D eigenvalue weighted by molar-refractivity contribution is 7.13. The fraction of sp³-hybridized carbons (Fsp3) is 0.107. The van der Waals surface area contributed by atoms with Crippen LogP contribution in [0.1, 0.15) is 15.9 Å². The van der Waals surface area contributed by atoms with Crippen LogP contribution in [0.25, 0.3) is 17.1 Å². The molecule has 2 unspecified atom stereocenters. The minimum absolute atomic E-state index is 0.231. The monoisotopic (exact) mass is 524 g/mol. The highest BCUT2D eigenvalue weighted by Crippen LogP contribution is 2.20. The van der Waals surface area contributed by atoms with Crippen molar-refractivity contribution in [2.45, 2.75) is 18.6 Å². The average Bonchev–Trinajstić information content (AvgIpc) is 3.66. The van der Waals surface area contributed by atoms with Crippen LogP contribution in [-0.2, 0) is 11.2 Å². The van der Waals surface area contributed by atoms with E-state index in [0.717, 1.165) is 16.8 Å². The summed E-state index contributed by atoms with van der Waals surface area (Å²) in [6.45, 7) is 0. The van der Waals surface area contributed by atoms with E-state index in [9.17, 15) is 14.7 Å². The lowest BCUT2D eigenvalue weighted by atomic mass is 10.00. The van der Waals surface area contributed by atoms with Crippen molar-refractivity contribution in [2.24, 2.45) is 0 Å². The quantitative estimate of drug-likeness (QED) is 0.270. The maximum atomic E-state index is 13.5. The molecule has 3 N–H and O–H groups in total. The van der Waals surface area contributed by atoms with Crippen LogP contribution in [0.5, 0.6) is 0 Å². The lowest BCUT2D eigenvalue weighted by Crippen LogP contribution is -2.50. The van der Waals surface area contributed by atoms with Gasteiger partial charge >= 0.3 is 0 Å². The van der Waals surface area contributed by atoms with Crippen molar-refractivity contribution in [3.05, 3.63) is 114 Å². The Morgan fingerprint density at radius 2 is 1.68 bits per heavy atom. The molecule has 3 aromatic heterocycles. The number of carbonyl (C=O) groups excluding carboxylic acids is 2. The second kappa shape index (κ2) is 11.6. The van der Waals surface area contributed by atoms with Crippen LogP contribution in [0, 0.1) is 0 Å². The molecule has 10 heteroatoms. The molecular formula is C28H24N6O3S. The lowest BCUT2D eigenvalue weighted by molar-refractivity contribution is -0.125. The summed E-state index contributed by atoms with van der Waals surface area (Å²) in [7, 11) is 0. The van der Waals surface area contributed by atoms with Crippen LogP contribution in [0.2, 0.25) is 0 Å². The number of aliphatic hydroxyl groups excluding tert-OH is 1. The van der Waals surface area contributed by atoms with E-state index in [-0.39, 0.29) is 12.0 Å². The van der Waals surface area contributed by atoms with Crippen molar-refractivity contribution >= 4 is 28.3 Å². The zero-order chi connectivity index (χ0) is 26.3. The third-order valence-electron chi connectivity index (χ3n) is 5.83. The number of nitrogens with zero attached hydrogens (tertiary/aromatic N) is 4. The summed E-state index contributed by atoms with van der Waals surface area (Å²) >= 11 is 1.24. The predicted molar refractivity (Wildman–Crippen MR) is 145 cm³/mol. The number of carbonyl (C=O) groups is 2. The predicted octanol–water partition coefficient (Wildman–Crippen LogP) is 3.73. The number of rotatable bonds is 9. The van der Waals surface area contributed by atoms with Gasteiger partial charge in [-0.25, -0.2) is 14.6 Å². The molecule has 0 radical (unpaired) electrons. The molecule has 3 heterocycles. The number of aromatic nitrogens is 4. The zero-order valence-corrected chi connectivity index (χ0v) is 21.0. The summed E-state index contributed by atoms with van der Waals surface area (Å²) in [4.78, 5) is 34.7. The molecule has 0 saturated carbocycles. The third-order valence-corrected chi connectivity index (χ3v) is 6.52. The molecule has 5 aromatic rings. The number of amides is 2. The Kier molecular flexibility index (Phi) is 7.62. The smallest absolute Gasteiger partial charge is 0.257 e. The molecule has 0 fully saturated rings. The van der Waals surface area contributed by atoms with Crippen molar-refractivity contribution in [1.82, 2.24) is 25.1 Å². The third kappa shape index (κ3) is 5.83. The first-order valence-corrected chi connectivity index (χ1v) is 12.8. The first-order chi connectivity index (χ1) is 18.6. The summed E-state index contributed by atoms with van der Waals surface area (Å²) in [5, 5.41) is 23.1. The van der Waals surface area contributed by atoms with Gasteiger partial charge < -0.3 is 10.4 Å². The molecule has 0 aliphatic carbocycles.